The van der Waals surface area contributed by atoms with Crippen molar-refractivity contribution in [2.75, 3.05) is 81.9 Å². The van der Waals surface area contributed by atoms with Gasteiger partial charge in [0, 0.05) is 44.5 Å². The molecule has 2 aliphatic rings. The molecule has 1 atom stereocenters. The molecule has 0 radical (unpaired) electrons. The van der Waals surface area contributed by atoms with E-state index in [-0.39, 0.29) is 73.0 Å². The number of alkyl halides is 3. The minimum absolute atomic E-state index is 0.00579. The lowest BCUT2D eigenvalue weighted by Crippen LogP contribution is -2.38. The fourth-order valence-electron chi connectivity index (χ4n) is 8.57. The van der Waals surface area contributed by atoms with E-state index in [1.165, 1.54) is 19.2 Å². The maximum absolute atomic E-state index is 18.1. The second-order valence-electron chi connectivity index (χ2n) is 18.0. The number of amides is 1. The summed E-state index contributed by atoms with van der Waals surface area (Å²) in [6, 6.07) is 18.4. The number of hydrogen-bond acceptors (Lipinski definition) is 14. The van der Waals surface area contributed by atoms with Crippen LogP contribution in [0.1, 0.15) is 61.6 Å². The zero-order chi connectivity index (χ0) is 50.6. The van der Waals surface area contributed by atoms with Crippen molar-refractivity contribution in [3.05, 3.63) is 112 Å². The van der Waals surface area contributed by atoms with Crippen LogP contribution in [-0.4, -0.2) is 103 Å². The van der Waals surface area contributed by atoms with Gasteiger partial charge in [0.25, 0.3) is 0 Å². The van der Waals surface area contributed by atoms with Crippen LogP contribution in [0.15, 0.2) is 72.9 Å². The molecule has 6 aromatic rings. The largest absolute Gasteiger partial charge is 0.497 e. The van der Waals surface area contributed by atoms with Crippen molar-refractivity contribution in [1.82, 2.24) is 24.8 Å². The number of carbonyl (C=O) groups is 1. The number of ether oxygens (including phenoxy) is 6. The molecule has 2 aliphatic heterocycles. The highest BCUT2D eigenvalue weighted by molar-refractivity contribution is 6.36. The molecule has 0 bridgehead atoms. The molecule has 0 unspecified atom stereocenters. The summed E-state index contributed by atoms with van der Waals surface area (Å²) in [6.45, 7) is 11.8. The van der Waals surface area contributed by atoms with Crippen LogP contribution in [0.2, 0.25) is 5.02 Å². The van der Waals surface area contributed by atoms with Gasteiger partial charge < -0.3 is 38.2 Å². The summed E-state index contributed by atoms with van der Waals surface area (Å²) in [7, 11) is 3.10. The van der Waals surface area contributed by atoms with Crippen LogP contribution in [0.5, 0.6) is 23.3 Å². The van der Waals surface area contributed by atoms with Crippen molar-refractivity contribution in [3.8, 4) is 34.5 Å². The number of nitrogens with one attached hydrogen (secondary N) is 1. The molecule has 8 rings (SSSR count). The van der Waals surface area contributed by atoms with Gasteiger partial charge in [-0.1, -0.05) is 41.9 Å². The summed E-state index contributed by atoms with van der Waals surface area (Å²) >= 11 is 7.22. The Morgan fingerprint density at radius 2 is 1.56 bits per heavy atom. The fraction of sp³-hybridized carbons (Fsp3) is 0.392. The van der Waals surface area contributed by atoms with Crippen molar-refractivity contribution in [3.63, 3.8) is 0 Å². The van der Waals surface area contributed by atoms with E-state index in [0.717, 1.165) is 11.1 Å². The minimum Gasteiger partial charge on any atom is -0.497 e. The molecular weight excluding hydrogens is 948 g/mol. The highest BCUT2D eigenvalue weighted by Crippen LogP contribution is 2.51. The van der Waals surface area contributed by atoms with Crippen LogP contribution in [0.4, 0.5) is 39.8 Å². The van der Waals surface area contributed by atoms with E-state index < -0.39 is 57.1 Å². The third-order valence-electron chi connectivity index (χ3n) is 12.0. The normalized spacial score (nSPS) is 14.6. The van der Waals surface area contributed by atoms with Crippen molar-refractivity contribution in [1.29, 1.82) is 0 Å². The monoisotopic (exact) mass is 1000 g/mol. The number of rotatable bonds is 15. The third kappa shape index (κ3) is 11.6. The summed E-state index contributed by atoms with van der Waals surface area (Å²) < 4.78 is 98.9. The van der Waals surface area contributed by atoms with Gasteiger partial charge in [0.15, 0.2) is 11.6 Å². The van der Waals surface area contributed by atoms with Gasteiger partial charge in [0.05, 0.1) is 67.2 Å². The number of anilines is 3. The van der Waals surface area contributed by atoms with Crippen molar-refractivity contribution < 1.29 is 50.8 Å². The quantitative estimate of drug-likeness (QED) is 0.0974. The topological polar surface area (TPSA) is 146 Å². The van der Waals surface area contributed by atoms with Crippen LogP contribution in [0.25, 0.3) is 22.2 Å². The molecule has 376 valence electrons. The first-order chi connectivity index (χ1) is 33.9. The summed E-state index contributed by atoms with van der Waals surface area (Å²) in [6.07, 6.45) is -4.24. The number of halogens is 5. The predicted octanol–water partition coefficient (Wildman–Crippen LogP) is 10.4. The second-order valence-corrected chi connectivity index (χ2v) is 18.4. The molecule has 20 heteroatoms. The Hall–Kier alpha value is -6.70. The number of pyridine rings is 2. The zero-order valence-corrected chi connectivity index (χ0v) is 41.2. The molecule has 1 N–H and O–H groups in total. The standard InChI is InChI=1S/C51H55ClF4N8O7/c1-30-27-37(63(28-32-10-14-34(66-6)15-11-32)29-33-12-16-35(67-7)17-13-33)58-43(40(30)51(54,55)56)38-41(52)45-39-44(42(38)53)59-48(70-25-21-62-19-23-68-24-20-62)61-47(39)64(22-26-69-45)31(2)36-9-8-18-57-46(36)60-49(65)71-50(3,4)5/h8-18,27,31H,19-26,28-29H2,1-7H3,(H,57,60,65)/t31-/m1/s1. The molecule has 3 aromatic carbocycles. The number of carbonyl (C=O) groups excluding carboxylic acids is 1. The third-order valence-corrected chi connectivity index (χ3v) is 12.4. The maximum atomic E-state index is 18.1. The maximum Gasteiger partial charge on any atom is 0.418 e. The zero-order valence-electron chi connectivity index (χ0n) is 40.5. The number of methoxy groups -OCH3 is 2. The first-order valence-corrected chi connectivity index (χ1v) is 23.4. The second kappa shape index (κ2) is 21.3. The Balaban J connectivity index is 1.30. The van der Waals surface area contributed by atoms with Gasteiger partial charge in [-0.2, -0.15) is 23.1 Å². The molecular formula is C51H55ClF4N8O7. The van der Waals surface area contributed by atoms with E-state index in [0.29, 0.717) is 49.9 Å². The van der Waals surface area contributed by atoms with Gasteiger partial charge >= 0.3 is 18.3 Å². The highest BCUT2D eigenvalue weighted by Gasteiger charge is 2.41. The number of aryl methyl sites for hydroxylation is 1. The van der Waals surface area contributed by atoms with Crippen LogP contribution in [0, 0.1) is 12.7 Å². The molecule has 1 saturated heterocycles. The van der Waals surface area contributed by atoms with E-state index in [4.69, 9.17) is 45.0 Å². The minimum atomic E-state index is -5.02. The van der Waals surface area contributed by atoms with Gasteiger partial charge in [0.1, 0.15) is 53.3 Å². The fourth-order valence-corrected chi connectivity index (χ4v) is 8.90. The number of aromatic nitrogens is 4. The van der Waals surface area contributed by atoms with Gasteiger partial charge in [-0.25, -0.2) is 19.2 Å². The van der Waals surface area contributed by atoms with Gasteiger partial charge in [-0.15, -0.1) is 0 Å². The summed E-state index contributed by atoms with van der Waals surface area (Å²) in [5, 5.41) is 2.27. The molecule has 1 fully saturated rings. The lowest BCUT2D eigenvalue weighted by molar-refractivity contribution is -0.137. The molecule has 5 heterocycles. The Labute approximate surface area is 414 Å². The van der Waals surface area contributed by atoms with E-state index in [1.54, 1.807) is 81.2 Å². The van der Waals surface area contributed by atoms with E-state index in [9.17, 15) is 4.79 Å². The van der Waals surface area contributed by atoms with Crippen LogP contribution in [-0.2, 0) is 28.7 Å². The molecule has 0 aliphatic carbocycles. The molecule has 71 heavy (non-hydrogen) atoms. The number of morpholine rings is 1. The highest BCUT2D eigenvalue weighted by atomic mass is 35.5. The molecule has 1 amide bonds. The summed E-state index contributed by atoms with van der Waals surface area (Å²) in [5.74, 6) is 0.326. The van der Waals surface area contributed by atoms with Gasteiger partial charge in [0.2, 0.25) is 0 Å². The number of nitrogens with zero attached hydrogens (tertiary/aromatic N) is 7. The SMILES string of the molecule is COc1ccc(CN(Cc2ccc(OC)cc2)c2cc(C)c(C(F)(F)F)c(-c3c(Cl)c4c5c(nc(OCCN6CCOCC6)nc5c3F)N([C@H](C)c3cccnc3NC(=O)OC(C)(C)C)CCO4)n2)cc1. The predicted molar refractivity (Wildman–Crippen MR) is 261 cm³/mol. The Morgan fingerprint density at radius 3 is 2.17 bits per heavy atom. The number of hydrogen-bond donors (Lipinski definition) is 1. The Morgan fingerprint density at radius 1 is 0.915 bits per heavy atom. The lowest BCUT2D eigenvalue weighted by atomic mass is 9.98. The van der Waals surface area contributed by atoms with Crippen LogP contribution >= 0.6 is 11.6 Å². The van der Waals surface area contributed by atoms with Crippen molar-refractivity contribution in [2.45, 2.75) is 65.5 Å². The average molecular weight is 1000 g/mol. The van der Waals surface area contributed by atoms with Crippen LogP contribution in [0.3, 0.4) is 0 Å². The van der Waals surface area contributed by atoms with Crippen molar-refractivity contribution >= 4 is 46.1 Å². The van der Waals surface area contributed by atoms with E-state index in [1.807, 2.05) is 31.2 Å². The lowest BCUT2D eigenvalue weighted by Gasteiger charge is -2.31. The molecule has 15 nitrogen and oxygen atoms in total. The smallest absolute Gasteiger partial charge is 0.418 e. The Bertz CT molecular complexity index is 2820. The first-order valence-electron chi connectivity index (χ1n) is 23.0. The van der Waals surface area contributed by atoms with Gasteiger partial charge in [-0.05, 0) is 87.7 Å². The van der Waals surface area contributed by atoms with E-state index >= 15 is 17.6 Å². The summed E-state index contributed by atoms with van der Waals surface area (Å²) in [5.41, 5.74) is -1.92. The van der Waals surface area contributed by atoms with Crippen LogP contribution < -0.4 is 34.1 Å². The average Bonchev–Trinajstić information content (AvgIpc) is 3.53. The van der Waals surface area contributed by atoms with Crippen molar-refractivity contribution in [2.24, 2.45) is 0 Å². The number of benzene rings is 3. The van der Waals surface area contributed by atoms with Gasteiger partial charge in [-0.3, -0.25) is 10.2 Å². The summed E-state index contributed by atoms with van der Waals surface area (Å²) in [4.78, 5) is 37.2. The molecule has 0 saturated carbocycles. The van der Waals surface area contributed by atoms with E-state index in [2.05, 4.69) is 25.2 Å². The Kier molecular flexibility index (Phi) is 15.2. The molecule has 3 aromatic heterocycles. The first kappa shape index (κ1) is 50.7. The molecule has 0 spiro atoms.